The van der Waals surface area contributed by atoms with Crippen molar-refractivity contribution in [1.82, 2.24) is 9.80 Å². The van der Waals surface area contributed by atoms with Crippen LogP contribution in [0.15, 0.2) is 54.6 Å². The van der Waals surface area contributed by atoms with Gasteiger partial charge in [0.2, 0.25) is 5.91 Å². The molecule has 1 atom stereocenters. The van der Waals surface area contributed by atoms with Gasteiger partial charge in [-0.25, -0.2) is 0 Å². The van der Waals surface area contributed by atoms with Crippen LogP contribution in [0.25, 0.3) is 0 Å². The molecule has 0 spiro atoms. The lowest BCUT2D eigenvalue weighted by Crippen LogP contribution is -2.43. The second-order valence-corrected chi connectivity index (χ2v) is 6.70. The first kappa shape index (κ1) is 18.0. The Balaban J connectivity index is 1.78. The number of carbonyl (C=O) groups excluding carboxylic acids is 2. The molecule has 0 aromatic heterocycles. The monoisotopic (exact) mass is 351 g/mol. The Morgan fingerprint density at radius 3 is 2.62 bits per heavy atom. The molecule has 26 heavy (non-hydrogen) atoms. The summed E-state index contributed by atoms with van der Waals surface area (Å²) in [5.74, 6) is 0.0358. The van der Waals surface area contributed by atoms with Gasteiger partial charge in [0.05, 0.1) is 0 Å². The standard InChI is InChI=1S/C21H25N3O2/c1-2-19-15-23(21(26)17-9-6-10-18(22)13-17)12-11-20(25)24(19)14-16-7-4-3-5-8-16/h3-10,13,19H,2,11-12,14-15,22H2,1H3/t19-/m1/s1. The SMILES string of the molecule is CC[C@@H]1CN(C(=O)c2cccc(N)c2)CCC(=O)N1Cc1ccccc1. The number of nitrogens with zero attached hydrogens (tertiary/aromatic N) is 2. The maximum absolute atomic E-state index is 12.9. The van der Waals surface area contributed by atoms with Crippen LogP contribution in [-0.4, -0.2) is 40.7 Å². The molecule has 0 bridgehead atoms. The highest BCUT2D eigenvalue weighted by Crippen LogP contribution is 2.20. The third kappa shape index (κ3) is 4.04. The lowest BCUT2D eigenvalue weighted by molar-refractivity contribution is -0.133. The Labute approximate surface area is 154 Å². The van der Waals surface area contributed by atoms with E-state index in [1.54, 1.807) is 29.2 Å². The molecule has 136 valence electrons. The summed E-state index contributed by atoms with van der Waals surface area (Å²) in [4.78, 5) is 29.3. The van der Waals surface area contributed by atoms with E-state index in [4.69, 9.17) is 5.73 Å². The summed E-state index contributed by atoms with van der Waals surface area (Å²) in [6.07, 6.45) is 1.15. The molecule has 3 rings (SSSR count). The molecule has 1 aliphatic rings. The van der Waals surface area contributed by atoms with E-state index in [0.29, 0.717) is 37.3 Å². The summed E-state index contributed by atoms with van der Waals surface area (Å²) in [6.45, 7) is 3.62. The topological polar surface area (TPSA) is 66.6 Å². The van der Waals surface area contributed by atoms with Crippen molar-refractivity contribution in [2.24, 2.45) is 0 Å². The van der Waals surface area contributed by atoms with Gasteiger partial charge in [-0.15, -0.1) is 0 Å². The summed E-state index contributed by atoms with van der Waals surface area (Å²) < 4.78 is 0. The van der Waals surface area contributed by atoms with Crippen molar-refractivity contribution in [2.45, 2.75) is 32.4 Å². The predicted octanol–water partition coefficient (Wildman–Crippen LogP) is 2.92. The quantitative estimate of drug-likeness (QED) is 0.861. The summed E-state index contributed by atoms with van der Waals surface area (Å²) in [6, 6.07) is 17.0. The molecule has 1 heterocycles. The van der Waals surface area contributed by atoms with Crippen molar-refractivity contribution in [2.75, 3.05) is 18.8 Å². The highest BCUT2D eigenvalue weighted by molar-refractivity contribution is 5.95. The lowest BCUT2D eigenvalue weighted by atomic mass is 10.1. The molecular weight excluding hydrogens is 326 g/mol. The number of nitrogens with two attached hydrogens (primary N) is 1. The summed E-state index contributed by atoms with van der Waals surface area (Å²) >= 11 is 0. The summed E-state index contributed by atoms with van der Waals surface area (Å²) in [5.41, 5.74) is 8.06. The van der Waals surface area contributed by atoms with E-state index >= 15 is 0 Å². The minimum absolute atomic E-state index is 0.00946. The zero-order valence-electron chi connectivity index (χ0n) is 15.1. The van der Waals surface area contributed by atoms with Crippen LogP contribution in [0.4, 0.5) is 5.69 Å². The Hall–Kier alpha value is -2.82. The normalized spacial score (nSPS) is 17.9. The van der Waals surface area contributed by atoms with Crippen molar-refractivity contribution in [3.05, 3.63) is 65.7 Å². The van der Waals surface area contributed by atoms with Crippen molar-refractivity contribution in [3.8, 4) is 0 Å². The van der Waals surface area contributed by atoms with Gasteiger partial charge in [-0.05, 0) is 30.2 Å². The maximum atomic E-state index is 12.9. The fourth-order valence-corrected chi connectivity index (χ4v) is 3.41. The van der Waals surface area contributed by atoms with E-state index < -0.39 is 0 Å². The molecule has 0 aliphatic carbocycles. The average molecular weight is 351 g/mol. The molecule has 1 fully saturated rings. The van der Waals surface area contributed by atoms with Crippen LogP contribution >= 0.6 is 0 Å². The van der Waals surface area contributed by atoms with E-state index in [9.17, 15) is 9.59 Å². The minimum atomic E-state index is -0.0647. The van der Waals surface area contributed by atoms with E-state index in [0.717, 1.165) is 12.0 Å². The number of benzene rings is 2. The van der Waals surface area contributed by atoms with Crippen LogP contribution < -0.4 is 5.73 Å². The Morgan fingerprint density at radius 2 is 1.92 bits per heavy atom. The largest absolute Gasteiger partial charge is 0.399 e. The van der Waals surface area contributed by atoms with E-state index in [-0.39, 0.29) is 17.9 Å². The molecule has 5 nitrogen and oxygen atoms in total. The van der Waals surface area contributed by atoms with Gasteiger partial charge in [-0.3, -0.25) is 9.59 Å². The highest BCUT2D eigenvalue weighted by atomic mass is 16.2. The Bertz CT molecular complexity index is 776. The van der Waals surface area contributed by atoms with E-state index in [1.807, 2.05) is 35.2 Å². The van der Waals surface area contributed by atoms with Crippen LogP contribution in [-0.2, 0) is 11.3 Å². The second kappa shape index (κ2) is 8.04. The van der Waals surface area contributed by atoms with Gasteiger partial charge in [0.15, 0.2) is 0 Å². The van der Waals surface area contributed by atoms with Gasteiger partial charge in [0.1, 0.15) is 0 Å². The molecule has 2 aromatic rings. The number of carbonyl (C=O) groups is 2. The molecule has 0 unspecified atom stereocenters. The molecule has 2 amide bonds. The smallest absolute Gasteiger partial charge is 0.254 e. The second-order valence-electron chi connectivity index (χ2n) is 6.70. The number of rotatable bonds is 4. The zero-order chi connectivity index (χ0) is 18.5. The highest BCUT2D eigenvalue weighted by Gasteiger charge is 2.31. The van der Waals surface area contributed by atoms with Gasteiger partial charge in [-0.2, -0.15) is 0 Å². The van der Waals surface area contributed by atoms with Crippen LogP contribution in [0.5, 0.6) is 0 Å². The van der Waals surface area contributed by atoms with Crippen molar-refractivity contribution in [3.63, 3.8) is 0 Å². The van der Waals surface area contributed by atoms with Gasteiger partial charge in [0, 0.05) is 43.3 Å². The van der Waals surface area contributed by atoms with Crippen LogP contribution in [0.3, 0.4) is 0 Å². The predicted molar refractivity (Wildman–Crippen MR) is 102 cm³/mol. The fourth-order valence-electron chi connectivity index (χ4n) is 3.41. The van der Waals surface area contributed by atoms with E-state index in [1.165, 1.54) is 0 Å². The fraction of sp³-hybridized carbons (Fsp3) is 0.333. The van der Waals surface area contributed by atoms with Gasteiger partial charge in [0.25, 0.3) is 5.91 Å². The summed E-state index contributed by atoms with van der Waals surface area (Å²) in [7, 11) is 0. The van der Waals surface area contributed by atoms with Crippen LogP contribution in [0, 0.1) is 0 Å². The van der Waals surface area contributed by atoms with Gasteiger partial charge in [-0.1, -0.05) is 43.3 Å². The van der Waals surface area contributed by atoms with Crippen LogP contribution in [0.2, 0.25) is 0 Å². The molecule has 5 heteroatoms. The Kier molecular flexibility index (Phi) is 5.56. The molecule has 1 saturated heterocycles. The zero-order valence-corrected chi connectivity index (χ0v) is 15.1. The number of anilines is 1. The van der Waals surface area contributed by atoms with Crippen molar-refractivity contribution in [1.29, 1.82) is 0 Å². The number of amides is 2. The number of nitrogen functional groups attached to an aromatic ring is 1. The van der Waals surface area contributed by atoms with E-state index in [2.05, 4.69) is 6.92 Å². The average Bonchev–Trinajstić information content (AvgIpc) is 2.81. The van der Waals surface area contributed by atoms with Crippen molar-refractivity contribution < 1.29 is 9.59 Å². The van der Waals surface area contributed by atoms with Gasteiger partial charge < -0.3 is 15.5 Å². The first-order chi connectivity index (χ1) is 12.6. The molecular formula is C21H25N3O2. The molecule has 1 aliphatic heterocycles. The minimum Gasteiger partial charge on any atom is -0.399 e. The third-order valence-electron chi connectivity index (χ3n) is 4.88. The van der Waals surface area contributed by atoms with Gasteiger partial charge >= 0.3 is 0 Å². The molecule has 2 aromatic carbocycles. The number of hydrogen-bond donors (Lipinski definition) is 1. The van der Waals surface area contributed by atoms with Crippen LogP contribution in [0.1, 0.15) is 35.7 Å². The lowest BCUT2D eigenvalue weighted by Gasteiger charge is -2.31. The first-order valence-corrected chi connectivity index (χ1v) is 9.06. The Morgan fingerprint density at radius 1 is 1.15 bits per heavy atom. The molecule has 0 radical (unpaired) electrons. The first-order valence-electron chi connectivity index (χ1n) is 9.06. The molecule has 0 saturated carbocycles. The van der Waals surface area contributed by atoms with Crippen molar-refractivity contribution >= 4 is 17.5 Å². The maximum Gasteiger partial charge on any atom is 0.254 e. The third-order valence-corrected chi connectivity index (χ3v) is 4.88. The summed E-state index contributed by atoms with van der Waals surface area (Å²) in [5, 5.41) is 0. The molecule has 2 N–H and O–H groups in total. The number of hydrogen-bond acceptors (Lipinski definition) is 3.